The van der Waals surface area contributed by atoms with E-state index in [2.05, 4.69) is 6.92 Å². The number of esters is 1. The third-order valence-corrected chi connectivity index (χ3v) is 4.16. The van der Waals surface area contributed by atoms with Crippen LogP contribution in [0.2, 0.25) is 0 Å². The smallest absolute Gasteiger partial charge is 0.343 e. The number of para-hydroxylation sites is 2. The Morgan fingerprint density at radius 3 is 2.21 bits per heavy atom. The highest BCUT2D eigenvalue weighted by Gasteiger charge is 2.33. The van der Waals surface area contributed by atoms with Gasteiger partial charge in [-0.3, -0.25) is 0 Å². The first-order valence-corrected chi connectivity index (χ1v) is 9.36. The first-order chi connectivity index (χ1) is 11.8. The van der Waals surface area contributed by atoms with Crippen molar-refractivity contribution in [2.24, 2.45) is 0 Å². The van der Waals surface area contributed by atoms with Crippen LogP contribution in [-0.2, 0) is 9.53 Å². The monoisotopic (exact) mass is 334 g/mol. The van der Waals surface area contributed by atoms with Gasteiger partial charge < -0.3 is 14.2 Å². The van der Waals surface area contributed by atoms with Gasteiger partial charge >= 0.3 is 5.97 Å². The molecule has 0 aromatic heterocycles. The van der Waals surface area contributed by atoms with Crippen molar-refractivity contribution in [1.29, 1.82) is 0 Å². The van der Waals surface area contributed by atoms with Crippen LogP contribution in [-0.4, -0.2) is 25.3 Å². The third kappa shape index (κ3) is 7.35. The SMILES string of the molecule is CCCCCCCCCCCOc1ccccc1OC(=O)C1CO1. The second kappa shape index (κ2) is 11.1. The molecule has 1 aromatic carbocycles. The average molecular weight is 334 g/mol. The lowest BCUT2D eigenvalue weighted by Gasteiger charge is -2.11. The minimum atomic E-state index is -0.393. The maximum atomic E-state index is 11.7. The first-order valence-electron chi connectivity index (χ1n) is 9.36. The molecule has 0 spiro atoms. The van der Waals surface area contributed by atoms with Gasteiger partial charge in [0.25, 0.3) is 0 Å². The molecule has 4 heteroatoms. The molecule has 0 saturated carbocycles. The maximum absolute atomic E-state index is 11.7. The van der Waals surface area contributed by atoms with E-state index in [1.807, 2.05) is 18.2 Å². The van der Waals surface area contributed by atoms with Crippen molar-refractivity contribution < 1.29 is 19.0 Å². The van der Waals surface area contributed by atoms with Crippen molar-refractivity contribution in [2.45, 2.75) is 70.8 Å². The molecule has 4 nitrogen and oxygen atoms in total. The maximum Gasteiger partial charge on any atom is 0.343 e. The normalized spacial score (nSPS) is 16.0. The molecule has 1 aliphatic rings. The Hall–Kier alpha value is -1.55. The van der Waals surface area contributed by atoms with Crippen LogP contribution in [0.3, 0.4) is 0 Å². The van der Waals surface area contributed by atoms with Gasteiger partial charge in [0.15, 0.2) is 17.6 Å². The van der Waals surface area contributed by atoms with E-state index in [4.69, 9.17) is 14.2 Å². The van der Waals surface area contributed by atoms with E-state index >= 15 is 0 Å². The van der Waals surface area contributed by atoms with Crippen LogP contribution in [0.15, 0.2) is 24.3 Å². The second-order valence-corrected chi connectivity index (χ2v) is 6.37. The molecule has 1 aromatic rings. The molecule has 1 fully saturated rings. The molecule has 134 valence electrons. The van der Waals surface area contributed by atoms with Crippen LogP contribution >= 0.6 is 0 Å². The summed E-state index contributed by atoms with van der Waals surface area (Å²) >= 11 is 0. The van der Waals surface area contributed by atoms with Gasteiger partial charge in [0.1, 0.15) is 0 Å². The van der Waals surface area contributed by atoms with Gasteiger partial charge in [0, 0.05) is 0 Å². The molecule has 0 amide bonds. The van der Waals surface area contributed by atoms with Gasteiger partial charge in [0.2, 0.25) is 0 Å². The minimum absolute atomic E-state index is 0.339. The van der Waals surface area contributed by atoms with Crippen LogP contribution in [0.4, 0.5) is 0 Å². The Balaban J connectivity index is 1.56. The highest BCUT2D eigenvalue weighted by molar-refractivity contribution is 5.79. The molecular formula is C20H30O4. The minimum Gasteiger partial charge on any atom is -0.490 e. The van der Waals surface area contributed by atoms with Crippen molar-refractivity contribution in [3.8, 4) is 11.5 Å². The largest absolute Gasteiger partial charge is 0.490 e. The molecule has 1 atom stereocenters. The summed E-state index contributed by atoms with van der Waals surface area (Å²) in [4.78, 5) is 11.7. The summed E-state index contributed by atoms with van der Waals surface area (Å²) in [6.45, 7) is 3.36. The summed E-state index contributed by atoms with van der Waals surface area (Å²) < 4.78 is 16.0. The van der Waals surface area contributed by atoms with Crippen LogP contribution in [0, 0.1) is 0 Å². The summed E-state index contributed by atoms with van der Waals surface area (Å²) in [5.74, 6) is 0.772. The van der Waals surface area contributed by atoms with E-state index in [-0.39, 0.29) is 5.97 Å². The fourth-order valence-electron chi connectivity index (χ4n) is 2.61. The first kappa shape index (κ1) is 18.8. The van der Waals surface area contributed by atoms with Gasteiger partial charge in [-0.15, -0.1) is 0 Å². The molecule has 1 heterocycles. The van der Waals surface area contributed by atoms with E-state index in [9.17, 15) is 4.79 Å². The van der Waals surface area contributed by atoms with Crippen LogP contribution < -0.4 is 9.47 Å². The summed E-state index contributed by atoms with van der Waals surface area (Å²) in [7, 11) is 0. The Kier molecular flexibility index (Phi) is 8.67. The zero-order chi connectivity index (χ0) is 17.0. The van der Waals surface area contributed by atoms with Crippen molar-refractivity contribution in [2.75, 3.05) is 13.2 Å². The molecule has 24 heavy (non-hydrogen) atoms. The van der Waals surface area contributed by atoms with E-state index in [0.29, 0.717) is 24.7 Å². The van der Waals surface area contributed by atoms with Crippen molar-refractivity contribution >= 4 is 5.97 Å². The summed E-state index contributed by atoms with van der Waals surface area (Å²) in [5.41, 5.74) is 0. The number of rotatable bonds is 13. The van der Waals surface area contributed by atoms with Crippen LogP contribution in [0.1, 0.15) is 64.7 Å². The summed E-state index contributed by atoms with van der Waals surface area (Å²) in [6.07, 6.45) is 11.2. The van der Waals surface area contributed by atoms with E-state index in [1.54, 1.807) is 6.07 Å². The van der Waals surface area contributed by atoms with Crippen LogP contribution in [0.5, 0.6) is 11.5 Å². The molecule has 1 unspecified atom stereocenters. The zero-order valence-electron chi connectivity index (χ0n) is 14.8. The Morgan fingerprint density at radius 1 is 1.00 bits per heavy atom. The summed E-state index contributed by atoms with van der Waals surface area (Å²) in [5, 5.41) is 0. The highest BCUT2D eigenvalue weighted by Crippen LogP contribution is 2.28. The Labute approximate surface area is 145 Å². The predicted molar refractivity (Wildman–Crippen MR) is 94.5 cm³/mol. The standard InChI is InChI=1S/C20H30O4/c1-2-3-4-5-6-7-8-9-12-15-22-17-13-10-11-14-18(17)24-20(21)19-16-23-19/h10-11,13-14,19H,2-9,12,15-16H2,1H3. The number of benzene rings is 1. The van der Waals surface area contributed by atoms with Gasteiger partial charge in [-0.05, 0) is 18.6 Å². The molecule has 0 bridgehead atoms. The fourth-order valence-corrected chi connectivity index (χ4v) is 2.61. The van der Waals surface area contributed by atoms with E-state index in [0.717, 1.165) is 6.42 Å². The van der Waals surface area contributed by atoms with Crippen molar-refractivity contribution in [3.63, 3.8) is 0 Å². The second-order valence-electron chi connectivity index (χ2n) is 6.37. The lowest BCUT2D eigenvalue weighted by Crippen LogP contribution is -2.15. The Morgan fingerprint density at radius 2 is 1.58 bits per heavy atom. The van der Waals surface area contributed by atoms with Crippen LogP contribution in [0.25, 0.3) is 0 Å². The molecule has 2 rings (SSSR count). The highest BCUT2D eigenvalue weighted by atomic mass is 16.6. The molecular weight excluding hydrogens is 304 g/mol. The van der Waals surface area contributed by atoms with E-state index in [1.165, 1.54) is 51.4 Å². The number of hydrogen-bond donors (Lipinski definition) is 0. The quantitative estimate of drug-likeness (QED) is 0.223. The number of carbonyl (C=O) groups excluding carboxylic acids is 1. The Bertz CT molecular complexity index is 482. The molecule has 0 N–H and O–H groups in total. The van der Waals surface area contributed by atoms with Gasteiger partial charge in [0.05, 0.1) is 13.2 Å². The summed E-state index contributed by atoms with van der Waals surface area (Å²) in [6, 6.07) is 7.31. The molecule has 0 aliphatic carbocycles. The number of ether oxygens (including phenoxy) is 3. The van der Waals surface area contributed by atoms with Crippen molar-refractivity contribution in [3.05, 3.63) is 24.3 Å². The third-order valence-electron chi connectivity index (χ3n) is 4.16. The van der Waals surface area contributed by atoms with Gasteiger partial charge in [-0.25, -0.2) is 4.79 Å². The zero-order valence-corrected chi connectivity index (χ0v) is 14.8. The fraction of sp³-hybridized carbons (Fsp3) is 0.650. The van der Waals surface area contributed by atoms with E-state index < -0.39 is 6.10 Å². The van der Waals surface area contributed by atoms with Crippen molar-refractivity contribution in [1.82, 2.24) is 0 Å². The molecule has 0 radical (unpaired) electrons. The number of hydrogen-bond acceptors (Lipinski definition) is 4. The lowest BCUT2D eigenvalue weighted by molar-refractivity contribution is -0.135. The number of carbonyl (C=O) groups is 1. The topological polar surface area (TPSA) is 48.1 Å². The van der Waals surface area contributed by atoms with Gasteiger partial charge in [-0.1, -0.05) is 70.4 Å². The lowest BCUT2D eigenvalue weighted by atomic mass is 10.1. The predicted octanol–water partition coefficient (Wildman–Crippen LogP) is 4.90. The molecule has 1 saturated heterocycles. The van der Waals surface area contributed by atoms with Gasteiger partial charge in [-0.2, -0.15) is 0 Å². The molecule has 1 aliphatic heterocycles. The number of unbranched alkanes of at least 4 members (excludes halogenated alkanes) is 8. The number of epoxide rings is 1. The average Bonchev–Trinajstić information content (AvgIpc) is 3.43.